The van der Waals surface area contributed by atoms with Crippen LogP contribution in [0.3, 0.4) is 0 Å². The summed E-state index contributed by atoms with van der Waals surface area (Å²) in [5, 5.41) is 10.2. The fraction of sp³-hybridized carbons (Fsp3) is 0. The zero-order valence-corrected chi connectivity index (χ0v) is 19.3. The van der Waals surface area contributed by atoms with E-state index in [1.165, 1.54) is 60.0 Å². The predicted octanol–water partition coefficient (Wildman–Crippen LogP) is 9.56. The zero-order chi connectivity index (χ0) is 23.4. The molecule has 9 rings (SSSR count). The maximum absolute atomic E-state index is 6.06. The highest BCUT2D eigenvalue weighted by atomic mass is 16.3. The number of rotatable bonds is 1. The average molecular weight is 458 g/mol. The Morgan fingerprint density at radius 1 is 0.444 bits per heavy atom. The molecule has 0 saturated heterocycles. The van der Waals surface area contributed by atoms with E-state index in [0.29, 0.717) is 0 Å². The Morgan fingerprint density at radius 3 is 2.08 bits per heavy atom. The molecule has 0 aliphatic rings. The third-order valence-electron chi connectivity index (χ3n) is 7.91. The molecule has 9 aromatic rings. The van der Waals surface area contributed by atoms with E-state index in [-0.39, 0.29) is 0 Å². The van der Waals surface area contributed by atoms with Crippen LogP contribution in [0.1, 0.15) is 0 Å². The molecule has 0 aliphatic heterocycles. The van der Waals surface area contributed by atoms with Crippen LogP contribution in [0, 0.1) is 0 Å². The quantitative estimate of drug-likeness (QED) is 0.240. The van der Waals surface area contributed by atoms with Gasteiger partial charge in [0.25, 0.3) is 0 Å². The molecule has 0 N–H and O–H groups in total. The Labute approximate surface area is 205 Å². The van der Waals surface area contributed by atoms with Gasteiger partial charge in [-0.3, -0.25) is 0 Å². The molecule has 0 fully saturated rings. The van der Waals surface area contributed by atoms with E-state index >= 15 is 0 Å². The summed E-state index contributed by atoms with van der Waals surface area (Å²) in [6.07, 6.45) is 0. The molecule has 166 valence electrons. The Hall–Kier alpha value is -4.82. The third kappa shape index (κ3) is 2.22. The summed E-state index contributed by atoms with van der Waals surface area (Å²) in [5.41, 5.74) is 8.13. The molecule has 2 heteroatoms. The molecular formula is C34H19NO. The number of benzene rings is 6. The zero-order valence-electron chi connectivity index (χ0n) is 19.3. The normalized spacial score (nSPS) is 12.4. The fourth-order valence-electron chi connectivity index (χ4n) is 6.34. The van der Waals surface area contributed by atoms with E-state index in [1.807, 2.05) is 12.1 Å². The first-order valence-electron chi connectivity index (χ1n) is 12.4. The van der Waals surface area contributed by atoms with Crippen molar-refractivity contribution < 1.29 is 4.42 Å². The summed E-state index contributed by atoms with van der Waals surface area (Å²) >= 11 is 0. The Morgan fingerprint density at radius 2 is 1.14 bits per heavy atom. The second kappa shape index (κ2) is 6.44. The van der Waals surface area contributed by atoms with Crippen molar-refractivity contribution in [2.24, 2.45) is 0 Å². The second-order valence-electron chi connectivity index (χ2n) is 9.76. The van der Waals surface area contributed by atoms with Gasteiger partial charge in [0, 0.05) is 32.3 Å². The highest BCUT2D eigenvalue weighted by Crippen LogP contribution is 2.42. The maximum atomic E-state index is 6.06. The first-order valence-corrected chi connectivity index (χ1v) is 12.4. The van der Waals surface area contributed by atoms with Crippen molar-refractivity contribution in [1.29, 1.82) is 0 Å². The number of nitrogens with zero attached hydrogens (tertiary/aromatic N) is 1. The predicted molar refractivity (Wildman–Crippen MR) is 151 cm³/mol. The molecule has 0 unspecified atom stereocenters. The Kier molecular flexibility index (Phi) is 3.31. The van der Waals surface area contributed by atoms with Crippen molar-refractivity contribution in [1.82, 2.24) is 4.40 Å². The van der Waals surface area contributed by atoms with Gasteiger partial charge >= 0.3 is 0 Å². The topological polar surface area (TPSA) is 17.6 Å². The van der Waals surface area contributed by atoms with Crippen LogP contribution in [0.5, 0.6) is 0 Å². The summed E-state index contributed by atoms with van der Waals surface area (Å²) in [4.78, 5) is 0. The van der Waals surface area contributed by atoms with Gasteiger partial charge in [0.15, 0.2) is 0 Å². The molecule has 6 aromatic carbocycles. The summed E-state index contributed by atoms with van der Waals surface area (Å²) in [7, 11) is 0. The molecule has 3 aromatic heterocycles. The lowest BCUT2D eigenvalue weighted by Crippen LogP contribution is -1.83. The van der Waals surface area contributed by atoms with Crippen molar-refractivity contribution in [3.05, 3.63) is 115 Å². The molecule has 0 aliphatic carbocycles. The Bertz CT molecular complexity index is 2310. The van der Waals surface area contributed by atoms with Gasteiger partial charge in [0.1, 0.15) is 11.2 Å². The van der Waals surface area contributed by atoms with Crippen LogP contribution in [-0.2, 0) is 0 Å². The summed E-state index contributed by atoms with van der Waals surface area (Å²) in [6, 6.07) is 41.7. The summed E-state index contributed by atoms with van der Waals surface area (Å²) in [6.45, 7) is 0. The molecule has 0 bridgehead atoms. The SMILES string of the molecule is c1ccc2c(c1)ccc1c2c2cccc3c4cc(-c5ccc6oc7ccccc7c6c5)ccc4n1c32. The van der Waals surface area contributed by atoms with Crippen LogP contribution in [0.15, 0.2) is 120 Å². The Balaban J connectivity index is 1.36. The van der Waals surface area contributed by atoms with Crippen molar-refractivity contribution in [2.75, 3.05) is 0 Å². The van der Waals surface area contributed by atoms with Gasteiger partial charge in [-0.2, -0.15) is 0 Å². The van der Waals surface area contributed by atoms with Gasteiger partial charge in [-0.05, 0) is 58.3 Å². The van der Waals surface area contributed by atoms with Crippen LogP contribution < -0.4 is 0 Å². The van der Waals surface area contributed by atoms with Crippen molar-refractivity contribution in [3.63, 3.8) is 0 Å². The van der Waals surface area contributed by atoms with E-state index in [1.54, 1.807) is 0 Å². The fourth-order valence-corrected chi connectivity index (χ4v) is 6.34. The van der Waals surface area contributed by atoms with E-state index < -0.39 is 0 Å². The molecule has 0 radical (unpaired) electrons. The third-order valence-corrected chi connectivity index (χ3v) is 7.91. The minimum atomic E-state index is 0.931. The standard InChI is InChI=1S/C34H19NO/c1-2-7-23-20(6-1)12-16-30-33(23)26-10-5-9-25-27-18-21(13-15-29(27)35(30)34(25)26)22-14-17-32-28(19-22)24-8-3-4-11-31(24)36-32/h1-19H. The number of aromatic nitrogens is 1. The van der Waals surface area contributed by atoms with Gasteiger partial charge < -0.3 is 8.82 Å². The lowest BCUT2D eigenvalue weighted by molar-refractivity contribution is 0.669. The number of hydrogen-bond donors (Lipinski definition) is 0. The lowest BCUT2D eigenvalue weighted by atomic mass is 9.99. The van der Waals surface area contributed by atoms with Gasteiger partial charge in [0.2, 0.25) is 0 Å². The van der Waals surface area contributed by atoms with Crippen molar-refractivity contribution >= 4 is 70.8 Å². The summed E-state index contributed by atoms with van der Waals surface area (Å²) < 4.78 is 8.51. The van der Waals surface area contributed by atoms with Gasteiger partial charge in [-0.25, -0.2) is 0 Å². The first-order chi connectivity index (χ1) is 17.8. The number of furan rings is 1. The van der Waals surface area contributed by atoms with E-state index in [0.717, 1.165) is 21.9 Å². The van der Waals surface area contributed by atoms with Crippen LogP contribution in [0.4, 0.5) is 0 Å². The molecular weight excluding hydrogens is 438 g/mol. The van der Waals surface area contributed by atoms with Gasteiger partial charge in [-0.1, -0.05) is 78.9 Å². The van der Waals surface area contributed by atoms with Crippen LogP contribution in [0.25, 0.3) is 81.9 Å². The smallest absolute Gasteiger partial charge is 0.135 e. The molecule has 0 saturated carbocycles. The molecule has 3 heterocycles. The molecule has 0 atom stereocenters. The van der Waals surface area contributed by atoms with Crippen LogP contribution in [-0.4, -0.2) is 4.40 Å². The van der Waals surface area contributed by atoms with Crippen LogP contribution in [0.2, 0.25) is 0 Å². The van der Waals surface area contributed by atoms with Gasteiger partial charge in [-0.15, -0.1) is 0 Å². The largest absolute Gasteiger partial charge is 0.456 e. The maximum Gasteiger partial charge on any atom is 0.135 e. The number of fused-ring (bicyclic) bond motifs is 11. The second-order valence-corrected chi connectivity index (χ2v) is 9.76. The lowest BCUT2D eigenvalue weighted by Gasteiger charge is -2.05. The highest BCUT2D eigenvalue weighted by molar-refractivity contribution is 6.28. The first kappa shape index (κ1) is 18.5. The monoisotopic (exact) mass is 457 g/mol. The van der Waals surface area contributed by atoms with Crippen molar-refractivity contribution in [2.45, 2.75) is 0 Å². The van der Waals surface area contributed by atoms with E-state index in [4.69, 9.17) is 4.42 Å². The number of hydrogen-bond acceptors (Lipinski definition) is 1. The molecule has 2 nitrogen and oxygen atoms in total. The minimum Gasteiger partial charge on any atom is -0.456 e. The highest BCUT2D eigenvalue weighted by Gasteiger charge is 2.19. The summed E-state index contributed by atoms with van der Waals surface area (Å²) in [5.74, 6) is 0. The minimum absolute atomic E-state index is 0.931. The molecule has 0 amide bonds. The van der Waals surface area contributed by atoms with Crippen LogP contribution >= 0.6 is 0 Å². The van der Waals surface area contributed by atoms with Gasteiger partial charge in [0.05, 0.1) is 16.6 Å². The van der Waals surface area contributed by atoms with Crippen molar-refractivity contribution in [3.8, 4) is 11.1 Å². The average Bonchev–Trinajstić information content (AvgIpc) is 3.59. The van der Waals surface area contributed by atoms with E-state index in [9.17, 15) is 0 Å². The molecule has 0 spiro atoms. The molecule has 36 heavy (non-hydrogen) atoms. The number of para-hydroxylation sites is 2. The van der Waals surface area contributed by atoms with E-state index in [2.05, 4.69) is 108 Å².